The van der Waals surface area contributed by atoms with Crippen molar-refractivity contribution in [2.24, 2.45) is 0 Å². The number of hydrogen-bond acceptors (Lipinski definition) is 4. The number of nitrogens with zero attached hydrogens (tertiary/aromatic N) is 1. The molecule has 30 heavy (non-hydrogen) atoms. The van der Waals surface area contributed by atoms with Crippen LogP contribution in [0.25, 0.3) is 11.1 Å². The molecule has 0 fully saturated rings. The fraction of sp³-hybridized carbons (Fsp3) is 0.100. The first kappa shape index (κ1) is 23.0. The van der Waals surface area contributed by atoms with Crippen molar-refractivity contribution in [3.63, 3.8) is 0 Å². The van der Waals surface area contributed by atoms with E-state index < -0.39 is 63.7 Å². The summed E-state index contributed by atoms with van der Waals surface area (Å²) in [6.07, 6.45) is 0.703. The molecule has 1 aromatic heterocycles. The fourth-order valence-corrected chi connectivity index (χ4v) is 2.91. The van der Waals surface area contributed by atoms with Gasteiger partial charge >= 0.3 is 5.97 Å². The number of carboxylic acid groups (broad SMARTS) is 1. The monoisotopic (exact) mass is 442 g/mol. The Hall–Kier alpha value is -3.33. The Morgan fingerprint density at radius 3 is 2.37 bits per heavy atom. The summed E-state index contributed by atoms with van der Waals surface area (Å²) in [5, 5.41) is 9.48. The van der Waals surface area contributed by atoms with Crippen LogP contribution in [0.5, 0.6) is 5.75 Å². The molecular weight excluding hydrogens is 428 g/mol. The normalized spacial score (nSPS) is 10.4. The lowest BCUT2D eigenvalue weighted by Crippen LogP contribution is -2.09. The lowest BCUT2D eigenvalue weighted by atomic mass is 9.93. The van der Waals surface area contributed by atoms with Crippen molar-refractivity contribution in [2.75, 3.05) is 12.8 Å². The number of carboxylic acids is 1. The highest BCUT2D eigenvalue weighted by Crippen LogP contribution is 2.34. The van der Waals surface area contributed by atoms with Crippen LogP contribution in [0.3, 0.4) is 0 Å². The first-order chi connectivity index (χ1) is 13.7. The number of pyridine rings is 1. The van der Waals surface area contributed by atoms with Crippen LogP contribution >= 0.6 is 12.4 Å². The molecule has 0 bridgehead atoms. The minimum atomic E-state index is -1.61. The number of benzene rings is 2. The smallest absolute Gasteiger partial charge is 0.336 e. The van der Waals surface area contributed by atoms with E-state index in [0.717, 1.165) is 18.2 Å². The van der Waals surface area contributed by atoms with Crippen LogP contribution in [0, 0.1) is 23.3 Å². The van der Waals surface area contributed by atoms with Crippen molar-refractivity contribution < 1.29 is 32.2 Å². The van der Waals surface area contributed by atoms with Gasteiger partial charge in [0, 0.05) is 29.8 Å². The molecule has 0 saturated heterocycles. The molecule has 0 saturated carbocycles. The molecule has 5 nitrogen and oxygen atoms in total. The fourth-order valence-electron chi connectivity index (χ4n) is 2.91. The summed E-state index contributed by atoms with van der Waals surface area (Å²) in [5.41, 5.74) is 2.95. The molecule has 2 aromatic carbocycles. The van der Waals surface area contributed by atoms with E-state index in [2.05, 4.69) is 4.98 Å². The standard InChI is InChI=1S/C20H14F4N2O3.ClH/c1-29-11-2-3-12(14(21)8-11)15-13(20(27)28)7-10(16(22)18(15)24)6-9-4-5-26-19(25)17(9)23;/h2-5,7-8H,6H2,1H3,(H2,25,26)(H,27,28);1H. The quantitative estimate of drug-likeness (QED) is 0.564. The second kappa shape index (κ2) is 9.00. The average Bonchev–Trinajstić information content (AvgIpc) is 2.69. The molecule has 0 spiro atoms. The molecule has 0 atom stereocenters. The first-order valence-corrected chi connectivity index (χ1v) is 8.21. The summed E-state index contributed by atoms with van der Waals surface area (Å²) < 4.78 is 62.9. The maximum atomic E-state index is 14.8. The third-order valence-electron chi connectivity index (χ3n) is 4.34. The summed E-state index contributed by atoms with van der Waals surface area (Å²) in [6, 6.07) is 5.34. The van der Waals surface area contributed by atoms with Crippen molar-refractivity contribution >= 4 is 24.2 Å². The van der Waals surface area contributed by atoms with Gasteiger partial charge in [-0.05, 0) is 35.4 Å². The van der Waals surface area contributed by atoms with Gasteiger partial charge in [0.1, 0.15) is 11.6 Å². The van der Waals surface area contributed by atoms with E-state index in [1.54, 1.807) is 0 Å². The Morgan fingerprint density at radius 1 is 1.07 bits per heavy atom. The summed E-state index contributed by atoms with van der Waals surface area (Å²) in [7, 11) is 1.29. The predicted molar refractivity (Wildman–Crippen MR) is 104 cm³/mol. The molecule has 10 heteroatoms. The van der Waals surface area contributed by atoms with Gasteiger partial charge in [0.15, 0.2) is 23.3 Å². The minimum absolute atomic E-state index is 0. The zero-order valence-electron chi connectivity index (χ0n) is 15.4. The number of nitrogens with two attached hydrogens (primary N) is 1. The van der Waals surface area contributed by atoms with Gasteiger partial charge in [0.25, 0.3) is 0 Å². The van der Waals surface area contributed by atoms with Crippen molar-refractivity contribution in [1.29, 1.82) is 0 Å². The van der Waals surface area contributed by atoms with Gasteiger partial charge in [0.05, 0.1) is 12.7 Å². The molecule has 0 amide bonds. The summed E-state index contributed by atoms with van der Waals surface area (Å²) in [6.45, 7) is 0. The third-order valence-corrected chi connectivity index (χ3v) is 4.34. The van der Waals surface area contributed by atoms with Crippen LogP contribution in [0.2, 0.25) is 0 Å². The Morgan fingerprint density at radius 2 is 1.77 bits per heavy atom. The second-order valence-electron chi connectivity index (χ2n) is 6.08. The topological polar surface area (TPSA) is 85.4 Å². The highest BCUT2D eigenvalue weighted by molar-refractivity contribution is 5.96. The highest BCUT2D eigenvalue weighted by atomic mass is 35.5. The largest absolute Gasteiger partial charge is 0.497 e. The molecule has 0 aliphatic heterocycles. The molecule has 3 N–H and O–H groups in total. The maximum absolute atomic E-state index is 14.8. The average molecular weight is 443 g/mol. The van der Waals surface area contributed by atoms with Crippen LogP contribution in [-0.2, 0) is 6.42 Å². The van der Waals surface area contributed by atoms with Crippen LogP contribution in [0.15, 0.2) is 36.5 Å². The molecule has 158 valence electrons. The van der Waals surface area contributed by atoms with E-state index >= 15 is 0 Å². The number of nitrogen functional groups attached to an aromatic ring is 1. The number of anilines is 1. The number of halogens is 5. The number of aromatic carboxylic acids is 1. The lowest BCUT2D eigenvalue weighted by Gasteiger charge is -2.14. The van der Waals surface area contributed by atoms with E-state index in [1.807, 2.05) is 0 Å². The van der Waals surface area contributed by atoms with Crippen LogP contribution in [0.4, 0.5) is 23.4 Å². The van der Waals surface area contributed by atoms with Gasteiger partial charge in [-0.1, -0.05) is 0 Å². The van der Waals surface area contributed by atoms with Gasteiger partial charge < -0.3 is 15.6 Å². The Kier molecular flexibility index (Phi) is 6.88. The van der Waals surface area contributed by atoms with Gasteiger partial charge in [-0.2, -0.15) is 0 Å². The predicted octanol–water partition coefficient (Wildman–Crippen LogP) is 4.61. The SMILES string of the molecule is COc1ccc(-c2c(C(=O)O)cc(Cc3ccnc(N)c3F)c(F)c2F)c(F)c1.Cl. The van der Waals surface area contributed by atoms with Crippen molar-refractivity contribution in [1.82, 2.24) is 4.98 Å². The molecule has 3 aromatic rings. The Balaban J connectivity index is 0.00000320. The van der Waals surface area contributed by atoms with Crippen LogP contribution in [0.1, 0.15) is 21.5 Å². The molecule has 0 aliphatic carbocycles. The molecule has 3 rings (SSSR count). The first-order valence-electron chi connectivity index (χ1n) is 8.21. The van der Waals surface area contributed by atoms with Crippen LogP contribution < -0.4 is 10.5 Å². The van der Waals surface area contributed by atoms with Gasteiger partial charge in [-0.15, -0.1) is 12.4 Å². The van der Waals surface area contributed by atoms with E-state index in [-0.39, 0.29) is 23.7 Å². The molecule has 0 unspecified atom stereocenters. The molecule has 1 heterocycles. The highest BCUT2D eigenvalue weighted by Gasteiger charge is 2.26. The van der Waals surface area contributed by atoms with E-state index in [1.165, 1.54) is 25.4 Å². The zero-order chi connectivity index (χ0) is 21.3. The number of rotatable bonds is 5. The number of aromatic nitrogens is 1. The van der Waals surface area contributed by atoms with Crippen molar-refractivity contribution in [3.05, 3.63) is 76.5 Å². The number of methoxy groups -OCH3 is 1. The van der Waals surface area contributed by atoms with E-state index in [9.17, 15) is 27.5 Å². The second-order valence-corrected chi connectivity index (χ2v) is 6.08. The van der Waals surface area contributed by atoms with Gasteiger partial charge in [0.2, 0.25) is 0 Å². The van der Waals surface area contributed by atoms with Gasteiger partial charge in [-0.3, -0.25) is 0 Å². The maximum Gasteiger partial charge on any atom is 0.336 e. The van der Waals surface area contributed by atoms with E-state index in [4.69, 9.17) is 10.5 Å². The number of hydrogen-bond donors (Lipinski definition) is 2. The number of carbonyl (C=O) groups is 1. The molecule has 0 radical (unpaired) electrons. The minimum Gasteiger partial charge on any atom is -0.497 e. The summed E-state index contributed by atoms with van der Waals surface area (Å²) in [5.74, 6) is -6.82. The number of ether oxygens (including phenoxy) is 1. The zero-order valence-corrected chi connectivity index (χ0v) is 16.2. The molecule has 0 aliphatic rings. The van der Waals surface area contributed by atoms with E-state index in [0.29, 0.717) is 0 Å². The van der Waals surface area contributed by atoms with Crippen LogP contribution in [-0.4, -0.2) is 23.2 Å². The lowest BCUT2D eigenvalue weighted by molar-refractivity contribution is 0.0697. The van der Waals surface area contributed by atoms with Crippen molar-refractivity contribution in [2.45, 2.75) is 6.42 Å². The van der Waals surface area contributed by atoms with Crippen molar-refractivity contribution in [3.8, 4) is 16.9 Å². The van der Waals surface area contributed by atoms with Gasteiger partial charge in [-0.25, -0.2) is 27.3 Å². The Labute approximate surface area is 174 Å². The third kappa shape index (κ3) is 4.16. The Bertz CT molecular complexity index is 1130. The summed E-state index contributed by atoms with van der Waals surface area (Å²) in [4.78, 5) is 15.2. The summed E-state index contributed by atoms with van der Waals surface area (Å²) >= 11 is 0. The molecular formula is C20H15ClF4N2O3.